The largest absolute Gasteiger partial charge is 0.456 e. The van der Waals surface area contributed by atoms with Crippen LogP contribution in [0, 0.1) is 23.7 Å². The summed E-state index contributed by atoms with van der Waals surface area (Å²) in [5.74, 6) is 2.98. The van der Waals surface area contributed by atoms with Crippen LogP contribution in [-0.4, -0.2) is 0 Å². The van der Waals surface area contributed by atoms with E-state index in [0.29, 0.717) is 5.92 Å². The minimum atomic E-state index is 0.269. The van der Waals surface area contributed by atoms with Crippen molar-refractivity contribution in [3.8, 4) is 22.3 Å². The summed E-state index contributed by atoms with van der Waals surface area (Å²) in [7, 11) is 0. The maximum atomic E-state index is 7.09. The Morgan fingerprint density at radius 1 is 0.525 bits per heavy atom. The molecule has 0 saturated heterocycles. The fourth-order valence-electron chi connectivity index (χ4n) is 12.5. The zero-order valence-electron chi connectivity index (χ0n) is 33.8. The zero-order valence-corrected chi connectivity index (χ0v) is 33.8. The van der Waals surface area contributed by atoms with Crippen molar-refractivity contribution in [2.75, 3.05) is 4.90 Å². The van der Waals surface area contributed by atoms with Gasteiger partial charge in [-0.2, -0.15) is 0 Å². The van der Waals surface area contributed by atoms with E-state index in [2.05, 4.69) is 182 Å². The summed E-state index contributed by atoms with van der Waals surface area (Å²) in [5.41, 5.74) is 14.9. The summed E-state index contributed by atoms with van der Waals surface area (Å²) < 4.78 is 7.09. The Morgan fingerprint density at radius 2 is 1.03 bits per heavy atom. The summed E-state index contributed by atoms with van der Waals surface area (Å²) in [4.78, 5) is 2.47. The summed E-state index contributed by atoms with van der Waals surface area (Å²) in [5, 5.41) is 5.27. The van der Waals surface area contributed by atoms with Crippen molar-refractivity contribution in [2.24, 2.45) is 23.7 Å². The summed E-state index contributed by atoms with van der Waals surface area (Å²) in [6, 6.07) is 60.5. The van der Waals surface area contributed by atoms with Crippen LogP contribution >= 0.6 is 0 Å². The van der Waals surface area contributed by atoms with Crippen LogP contribution in [-0.2, 0) is 5.41 Å². The molecule has 0 aliphatic heterocycles. The fraction of sp³-hybridized carbons (Fsp3) is 0.228. The molecule has 288 valence electrons. The molecule has 1 atom stereocenters. The molecular formula is C57H49NO. The average molecular weight is 764 g/mol. The molecule has 1 aromatic heterocycles. The lowest BCUT2D eigenvalue weighted by molar-refractivity contribution is -0.00444. The number of benzene rings is 7. The van der Waals surface area contributed by atoms with Gasteiger partial charge in [-0.05, 0) is 155 Å². The van der Waals surface area contributed by atoms with Gasteiger partial charge in [0.15, 0.2) is 0 Å². The Morgan fingerprint density at radius 3 is 1.63 bits per heavy atom. The predicted octanol–water partition coefficient (Wildman–Crippen LogP) is 13.9. The molecule has 2 heteroatoms. The van der Waals surface area contributed by atoms with Crippen molar-refractivity contribution in [1.29, 1.82) is 0 Å². The third-order valence-electron chi connectivity index (χ3n) is 14.5. The first-order chi connectivity index (χ1) is 29.1. The van der Waals surface area contributed by atoms with Crippen molar-refractivity contribution in [2.45, 2.75) is 57.3 Å². The number of hydrogen-bond donors (Lipinski definition) is 0. The van der Waals surface area contributed by atoms with Gasteiger partial charge in [0, 0.05) is 32.9 Å². The van der Waals surface area contributed by atoms with Gasteiger partial charge in [-0.1, -0.05) is 134 Å². The number of hydrogen-bond acceptors (Lipinski definition) is 2. The zero-order chi connectivity index (χ0) is 39.1. The molecule has 4 fully saturated rings. The van der Waals surface area contributed by atoms with Crippen LogP contribution < -0.4 is 15.5 Å². The predicted molar refractivity (Wildman–Crippen MR) is 246 cm³/mol. The first kappa shape index (κ1) is 34.9. The van der Waals surface area contributed by atoms with Crippen molar-refractivity contribution in [1.82, 2.24) is 0 Å². The van der Waals surface area contributed by atoms with E-state index in [0.717, 1.165) is 46.5 Å². The SMILES string of the molecule is CC1C=c2oc3c(cc(C45CC6CC(CC(C6)C4)C5)c4ccccc43)c2=C(c2ccccc2N(c2ccc(-c3ccccc3)cc2)c2ccc(-c3ccccc3)cc2)C1. The average Bonchev–Trinajstić information content (AvgIpc) is 3.65. The summed E-state index contributed by atoms with van der Waals surface area (Å²) in [6.45, 7) is 2.35. The molecule has 0 radical (unpaired) electrons. The molecule has 1 heterocycles. The van der Waals surface area contributed by atoms with E-state index < -0.39 is 0 Å². The van der Waals surface area contributed by atoms with Gasteiger partial charge in [-0.25, -0.2) is 0 Å². The van der Waals surface area contributed by atoms with Crippen LogP contribution in [0.1, 0.15) is 63.0 Å². The molecule has 5 aliphatic carbocycles. The van der Waals surface area contributed by atoms with Crippen LogP contribution in [0.4, 0.5) is 17.1 Å². The molecule has 0 N–H and O–H groups in total. The Balaban J connectivity index is 1.08. The minimum Gasteiger partial charge on any atom is -0.456 e. The Labute approximate surface area is 347 Å². The normalized spacial score (nSPS) is 23.0. The highest BCUT2D eigenvalue weighted by molar-refractivity contribution is 6.07. The van der Waals surface area contributed by atoms with E-state index in [1.807, 2.05) is 0 Å². The molecular weight excluding hydrogens is 715 g/mol. The maximum Gasteiger partial charge on any atom is 0.143 e. The highest BCUT2D eigenvalue weighted by atomic mass is 16.3. The van der Waals surface area contributed by atoms with E-state index in [-0.39, 0.29) is 5.41 Å². The molecule has 0 spiro atoms. The Bertz CT molecular complexity index is 2870. The second kappa shape index (κ2) is 13.7. The topological polar surface area (TPSA) is 16.4 Å². The van der Waals surface area contributed by atoms with Gasteiger partial charge >= 0.3 is 0 Å². The molecule has 4 saturated carbocycles. The van der Waals surface area contributed by atoms with Gasteiger partial charge in [-0.3, -0.25) is 0 Å². The number of anilines is 3. The van der Waals surface area contributed by atoms with Crippen LogP contribution in [0.25, 0.3) is 55.6 Å². The molecule has 7 aromatic carbocycles. The molecule has 1 unspecified atom stereocenters. The van der Waals surface area contributed by atoms with Crippen molar-refractivity contribution >= 4 is 50.5 Å². The molecule has 59 heavy (non-hydrogen) atoms. The third kappa shape index (κ3) is 5.82. The van der Waals surface area contributed by atoms with Crippen LogP contribution in [0.15, 0.2) is 168 Å². The molecule has 2 nitrogen and oxygen atoms in total. The second-order valence-electron chi connectivity index (χ2n) is 18.4. The lowest BCUT2D eigenvalue weighted by Crippen LogP contribution is -2.48. The Hall–Kier alpha value is -6.12. The second-order valence-corrected chi connectivity index (χ2v) is 18.4. The van der Waals surface area contributed by atoms with E-state index in [1.54, 1.807) is 5.56 Å². The Kier molecular flexibility index (Phi) is 8.12. The lowest BCUT2D eigenvalue weighted by atomic mass is 9.47. The maximum absolute atomic E-state index is 7.09. The van der Waals surface area contributed by atoms with Gasteiger partial charge in [0.1, 0.15) is 11.0 Å². The smallest absolute Gasteiger partial charge is 0.143 e. The molecule has 5 aliphatic rings. The number of para-hydroxylation sites is 1. The standard InChI is InChI=1S/C57H49NO/c1-37-28-50(55-51-33-52(57-34-38-30-39(35-57)32-40(31-38)36-57)47-16-8-9-18-49(47)56(51)59-54(55)29-37)48-17-10-11-19-53(48)58(45-24-20-43(21-25-45)41-12-4-2-5-13-41)46-26-22-44(23-27-46)42-14-6-3-7-15-42/h2-27,29,33,37-40H,28,30-32,34-36H2,1H3. The highest BCUT2D eigenvalue weighted by Crippen LogP contribution is 2.62. The van der Waals surface area contributed by atoms with Crippen LogP contribution in [0.3, 0.4) is 0 Å². The molecule has 13 rings (SSSR count). The number of rotatable bonds is 7. The fourth-order valence-corrected chi connectivity index (χ4v) is 12.5. The summed E-state index contributed by atoms with van der Waals surface area (Å²) in [6.07, 6.45) is 11.7. The van der Waals surface area contributed by atoms with E-state index >= 15 is 0 Å². The quantitative estimate of drug-likeness (QED) is 0.161. The number of nitrogens with zero attached hydrogens (tertiary/aromatic N) is 1. The first-order valence-electron chi connectivity index (χ1n) is 22.0. The van der Waals surface area contributed by atoms with Crippen molar-refractivity contribution in [3.63, 3.8) is 0 Å². The van der Waals surface area contributed by atoms with E-state index in [1.165, 1.54) is 99.0 Å². The lowest BCUT2D eigenvalue weighted by Gasteiger charge is -2.57. The number of fused-ring (bicyclic) bond motifs is 5. The molecule has 8 aromatic rings. The van der Waals surface area contributed by atoms with Crippen molar-refractivity contribution < 1.29 is 4.42 Å². The van der Waals surface area contributed by atoms with E-state index in [9.17, 15) is 0 Å². The van der Waals surface area contributed by atoms with Crippen molar-refractivity contribution in [3.05, 3.63) is 186 Å². The van der Waals surface area contributed by atoms with Gasteiger partial charge in [0.2, 0.25) is 0 Å². The third-order valence-corrected chi connectivity index (χ3v) is 14.5. The highest BCUT2D eigenvalue weighted by Gasteiger charge is 2.52. The molecule has 4 bridgehead atoms. The van der Waals surface area contributed by atoms with Gasteiger partial charge in [0.05, 0.1) is 5.69 Å². The first-order valence-corrected chi connectivity index (χ1v) is 22.0. The minimum absolute atomic E-state index is 0.269. The number of furan rings is 1. The van der Waals surface area contributed by atoms with E-state index in [4.69, 9.17) is 4.42 Å². The van der Waals surface area contributed by atoms with Gasteiger partial charge < -0.3 is 9.32 Å². The van der Waals surface area contributed by atoms with Gasteiger partial charge in [0.25, 0.3) is 0 Å². The summed E-state index contributed by atoms with van der Waals surface area (Å²) >= 11 is 0. The monoisotopic (exact) mass is 763 g/mol. The van der Waals surface area contributed by atoms with Crippen LogP contribution in [0.5, 0.6) is 0 Å². The van der Waals surface area contributed by atoms with Gasteiger partial charge in [-0.15, -0.1) is 0 Å². The molecule has 0 amide bonds. The van der Waals surface area contributed by atoms with Crippen LogP contribution in [0.2, 0.25) is 0 Å².